The van der Waals surface area contributed by atoms with E-state index in [1.807, 2.05) is 0 Å². The molecule has 5 nitrogen and oxygen atoms in total. The molecule has 0 saturated carbocycles. The van der Waals surface area contributed by atoms with Crippen LogP contribution in [0.15, 0.2) is 5.10 Å². The van der Waals surface area contributed by atoms with Gasteiger partial charge in [-0.15, -0.1) is 0 Å². The number of carbonyl (C=O) groups excluding carboxylic acids is 2. The summed E-state index contributed by atoms with van der Waals surface area (Å²) in [6.45, 7) is 0. The molecule has 0 aliphatic carbocycles. The summed E-state index contributed by atoms with van der Waals surface area (Å²) in [4.78, 5) is 21.7. The molecule has 0 fully saturated rings. The van der Waals surface area contributed by atoms with Crippen molar-refractivity contribution in [2.75, 3.05) is 14.1 Å². The van der Waals surface area contributed by atoms with E-state index in [4.69, 9.17) is 0 Å². The summed E-state index contributed by atoms with van der Waals surface area (Å²) in [5, 5.41) is 7.30. The lowest BCUT2D eigenvalue weighted by molar-refractivity contribution is -0.127. The minimum absolute atomic E-state index is 0.107. The number of hydrazone groups is 1. The average molecular weight is 155 g/mol. The zero-order valence-electron chi connectivity index (χ0n) is 6.42. The number of nitrogens with zero attached hydrogens (tertiary/aromatic N) is 2. The van der Waals surface area contributed by atoms with Crippen LogP contribution in [-0.2, 0) is 9.59 Å². The van der Waals surface area contributed by atoms with E-state index in [-0.39, 0.29) is 23.9 Å². The maximum atomic E-state index is 10.9. The molecule has 0 bridgehead atoms. The first kappa shape index (κ1) is 7.71. The lowest BCUT2D eigenvalue weighted by atomic mass is 10.2. The summed E-state index contributed by atoms with van der Waals surface area (Å²) >= 11 is 0. The van der Waals surface area contributed by atoms with Crippen molar-refractivity contribution in [1.29, 1.82) is 0 Å². The lowest BCUT2D eigenvalue weighted by Crippen LogP contribution is -2.26. The lowest BCUT2D eigenvalue weighted by Gasteiger charge is -1.98. The van der Waals surface area contributed by atoms with Gasteiger partial charge in [-0.3, -0.25) is 9.59 Å². The van der Waals surface area contributed by atoms with E-state index in [9.17, 15) is 9.59 Å². The molecule has 0 saturated heterocycles. The largest absolute Gasteiger partial charge is 0.354 e. The van der Waals surface area contributed by atoms with E-state index < -0.39 is 0 Å². The van der Waals surface area contributed by atoms with Crippen LogP contribution in [0.25, 0.3) is 0 Å². The van der Waals surface area contributed by atoms with Gasteiger partial charge in [0.2, 0.25) is 5.91 Å². The van der Waals surface area contributed by atoms with Gasteiger partial charge in [0, 0.05) is 14.1 Å². The van der Waals surface area contributed by atoms with E-state index in [0.717, 1.165) is 0 Å². The first-order chi connectivity index (χ1) is 5.15. The maximum Gasteiger partial charge on any atom is 0.267 e. The van der Waals surface area contributed by atoms with Crippen LogP contribution >= 0.6 is 0 Å². The van der Waals surface area contributed by atoms with E-state index in [2.05, 4.69) is 10.4 Å². The zero-order valence-corrected chi connectivity index (χ0v) is 6.42. The summed E-state index contributed by atoms with van der Waals surface area (Å²) in [5.41, 5.74) is 0.278. The van der Waals surface area contributed by atoms with E-state index >= 15 is 0 Å². The van der Waals surface area contributed by atoms with Crippen molar-refractivity contribution in [1.82, 2.24) is 10.3 Å². The van der Waals surface area contributed by atoms with E-state index in [0.29, 0.717) is 0 Å². The topological polar surface area (TPSA) is 61.8 Å². The monoisotopic (exact) mass is 155 g/mol. The molecule has 0 atom stereocenters. The SMILES string of the molecule is CNC(=O)C1=NN(C)C(=O)C1. The van der Waals surface area contributed by atoms with Gasteiger partial charge in [0.1, 0.15) is 5.71 Å². The van der Waals surface area contributed by atoms with Gasteiger partial charge >= 0.3 is 0 Å². The van der Waals surface area contributed by atoms with Crippen LogP contribution in [0.1, 0.15) is 6.42 Å². The van der Waals surface area contributed by atoms with Gasteiger partial charge in [-0.25, -0.2) is 5.01 Å². The van der Waals surface area contributed by atoms with Crippen molar-refractivity contribution in [3.8, 4) is 0 Å². The van der Waals surface area contributed by atoms with Gasteiger partial charge in [-0.1, -0.05) is 0 Å². The Morgan fingerprint density at radius 1 is 1.73 bits per heavy atom. The van der Waals surface area contributed by atoms with Gasteiger partial charge in [-0.2, -0.15) is 5.10 Å². The van der Waals surface area contributed by atoms with Crippen LogP contribution in [-0.4, -0.2) is 36.6 Å². The predicted molar refractivity (Wildman–Crippen MR) is 38.9 cm³/mol. The molecule has 1 aliphatic heterocycles. The highest BCUT2D eigenvalue weighted by molar-refractivity contribution is 6.42. The van der Waals surface area contributed by atoms with Gasteiger partial charge in [0.05, 0.1) is 6.42 Å². The highest BCUT2D eigenvalue weighted by atomic mass is 16.2. The summed E-state index contributed by atoms with van der Waals surface area (Å²) < 4.78 is 0. The van der Waals surface area contributed by atoms with Crippen LogP contribution in [0, 0.1) is 0 Å². The van der Waals surface area contributed by atoms with Crippen molar-refractivity contribution in [3.05, 3.63) is 0 Å². The summed E-state index contributed by atoms with van der Waals surface area (Å²) in [5.74, 6) is -0.439. The first-order valence-corrected chi connectivity index (χ1v) is 3.21. The summed E-state index contributed by atoms with van der Waals surface area (Å²) in [7, 11) is 3.03. The molecule has 60 valence electrons. The molecule has 0 aromatic carbocycles. The smallest absolute Gasteiger partial charge is 0.267 e. The van der Waals surface area contributed by atoms with Crippen LogP contribution in [0.2, 0.25) is 0 Å². The van der Waals surface area contributed by atoms with E-state index in [1.54, 1.807) is 0 Å². The molecule has 0 spiro atoms. The van der Waals surface area contributed by atoms with Gasteiger partial charge in [0.25, 0.3) is 5.91 Å². The molecule has 1 heterocycles. The van der Waals surface area contributed by atoms with Crippen LogP contribution in [0.4, 0.5) is 0 Å². The molecule has 5 heteroatoms. The van der Waals surface area contributed by atoms with Crippen molar-refractivity contribution in [2.24, 2.45) is 5.10 Å². The standard InChI is InChI=1S/C6H9N3O2/c1-7-6(11)4-3-5(10)9(2)8-4/h3H2,1-2H3,(H,7,11). The molecule has 1 aliphatic rings. The number of rotatable bonds is 1. The van der Waals surface area contributed by atoms with Crippen molar-refractivity contribution >= 4 is 17.5 Å². The molecule has 0 aromatic heterocycles. The normalized spacial score (nSPS) is 16.7. The molecular formula is C6H9N3O2. The van der Waals surface area contributed by atoms with Gasteiger partial charge in [-0.05, 0) is 0 Å². The van der Waals surface area contributed by atoms with Crippen LogP contribution in [0.5, 0.6) is 0 Å². The minimum Gasteiger partial charge on any atom is -0.354 e. The molecule has 1 rings (SSSR count). The first-order valence-electron chi connectivity index (χ1n) is 3.21. The Bertz CT molecular complexity index is 234. The minimum atomic E-state index is -0.289. The molecule has 1 N–H and O–H groups in total. The number of nitrogens with one attached hydrogen (secondary N) is 1. The fourth-order valence-corrected chi connectivity index (χ4v) is 0.800. The van der Waals surface area contributed by atoms with Crippen LogP contribution in [0.3, 0.4) is 0 Å². The Balaban J connectivity index is 2.71. The van der Waals surface area contributed by atoms with Gasteiger partial charge in [0.15, 0.2) is 0 Å². The second-order valence-corrected chi connectivity index (χ2v) is 2.22. The molecule has 0 radical (unpaired) electrons. The quantitative estimate of drug-likeness (QED) is 0.525. The molecule has 2 amide bonds. The maximum absolute atomic E-state index is 10.9. The number of hydrogen-bond donors (Lipinski definition) is 1. The van der Waals surface area contributed by atoms with Crippen molar-refractivity contribution < 1.29 is 9.59 Å². The Morgan fingerprint density at radius 2 is 2.36 bits per heavy atom. The predicted octanol–water partition coefficient (Wildman–Crippen LogP) is -1.05. The van der Waals surface area contributed by atoms with Crippen molar-refractivity contribution in [2.45, 2.75) is 6.42 Å². The molecule has 11 heavy (non-hydrogen) atoms. The second kappa shape index (κ2) is 2.69. The molecule has 0 aromatic rings. The summed E-state index contributed by atoms with van der Waals surface area (Å²) in [6, 6.07) is 0. The number of amides is 2. The third-order valence-electron chi connectivity index (χ3n) is 1.44. The second-order valence-electron chi connectivity index (χ2n) is 2.22. The zero-order chi connectivity index (χ0) is 8.43. The number of carbonyl (C=O) groups is 2. The highest BCUT2D eigenvalue weighted by Gasteiger charge is 2.24. The Hall–Kier alpha value is -1.39. The van der Waals surface area contributed by atoms with Gasteiger partial charge < -0.3 is 5.32 Å². The number of hydrogen-bond acceptors (Lipinski definition) is 3. The molecular weight excluding hydrogens is 146 g/mol. The third kappa shape index (κ3) is 1.36. The average Bonchev–Trinajstić information content (AvgIpc) is 2.31. The van der Waals surface area contributed by atoms with E-state index in [1.165, 1.54) is 19.1 Å². The third-order valence-corrected chi connectivity index (χ3v) is 1.44. The molecule has 0 unspecified atom stereocenters. The Labute approximate surface area is 64.1 Å². The Kier molecular flexibility index (Phi) is 1.89. The van der Waals surface area contributed by atoms with Crippen molar-refractivity contribution in [3.63, 3.8) is 0 Å². The fourth-order valence-electron chi connectivity index (χ4n) is 0.800. The summed E-state index contributed by atoms with van der Waals surface area (Å²) in [6.07, 6.45) is 0.107. The van der Waals surface area contributed by atoms with Crippen LogP contribution < -0.4 is 5.32 Å². The Morgan fingerprint density at radius 3 is 2.73 bits per heavy atom. The highest BCUT2D eigenvalue weighted by Crippen LogP contribution is 2.04. The fraction of sp³-hybridized carbons (Fsp3) is 0.500.